The van der Waals surface area contributed by atoms with Crippen LogP contribution in [0, 0.1) is 10.1 Å². The molecule has 2 rings (SSSR count). The number of nitrogens with one attached hydrogen (secondary N) is 1. The summed E-state index contributed by atoms with van der Waals surface area (Å²) in [5.41, 5.74) is 6.54. The first-order chi connectivity index (χ1) is 11.3. The van der Waals surface area contributed by atoms with E-state index in [0.29, 0.717) is 10.7 Å². The van der Waals surface area contributed by atoms with Gasteiger partial charge in [0.1, 0.15) is 17.4 Å². The Bertz CT molecular complexity index is 730. The second-order valence-electron chi connectivity index (χ2n) is 5.30. The van der Waals surface area contributed by atoms with Gasteiger partial charge in [0.15, 0.2) is 5.17 Å². The molecule has 1 heterocycles. The average molecular weight is 350 g/mol. The Morgan fingerprint density at radius 3 is 2.79 bits per heavy atom. The summed E-state index contributed by atoms with van der Waals surface area (Å²) in [6.45, 7) is 3.45. The second-order valence-corrected chi connectivity index (χ2v) is 6.09. The van der Waals surface area contributed by atoms with Crippen molar-refractivity contribution < 1.29 is 14.5 Å². The fourth-order valence-electron chi connectivity index (χ4n) is 2.20. The summed E-state index contributed by atoms with van der Waals surface area (Å²) in [5, 5.41) is 14.4. The molecule has 9 heteroatoms. The SMILES string of the molecule is CSC1=NC(c2cccc([N+](=O)[O-])c2)C(C(=O)OC(C)C)=C(N)N1. The maximum Gasteiger partial charge on any atom is 0.340 e. The van der Waals surface area contributed by atoms with Crippen LogP contribution < -0.4 is 11.1 Å². The van der Waals surface area contributed by atoms with Gasteiger partial charge in [-0.2, -0.15) is 0 Å². The highest BCUT2D eigenvalue weighted by atomic mass is 32.2. The Balaban J connectivity index is 2.50. The molecule has 1 aliphatic rings. The third kappa shape index (κ3) is 3.85. The lowest BCUT2D eigenvalue weighted by Gasteiger charge is -2.25. The number of thioether (sulfide) groups is 1. The first kappa shape index (κ1) is 17.8. The van der Waals surface area contributed by atoms with Gasteiger partial charge in [0.25, 0.3) is 5.69 Å². The summed E-state index contributed by atoms with van der Waals surface area (Å²) in [6.07, 6.45) is 1.48. The summed E-state index contributed by atoms with van der Waals surface area (Å²) in [6, 6.07) is 5.21. The molecule has 1 unspecified atom stereocenters. The number of hydrogen-bond donors (Lipinski definition) is 2. The highest BCUT2D eigenvalue weighted by Crippen LogP contribution is 2.33. The van der Waals surface area contributed by atoms with Crippen molar-refractivity contribution in [1.29, 1.82) is 0 Å². The van der Waals surface area contributed by atoms with E-state index in [1.807, 2.05) is 0 Å². The largest absolute Gasteiger partial charge is 0.459 e. The van der Waals surface area contributed by atoms with Crippen molar-refractivity contribution in [1.82, 2.24) is 5.32 Å². The molecule has 0 saturated heterocycles. The van der Waals surface area contributed by atoms with E-state index >= 15 is 0 Å². The van der Waals surface area contributed by atoms with E-state index in [-0.39, 0.29) is 23.2 Å². The van der Waals surface area contributed by atoms with Crippen LogP contribution in [0.2, 0.25) is 0 Å². The van der Waals surface area contributed by atoms with Gasteiger partial charge in [-0.3, -0.25) is 10.1 Å². The van der Waals surface area contributed by atoms with E-state index in [1.54, 1.807) is 32.2 Å². The lowest BCUT2D eigenvalue weighted by Crippen LogP contribution is -2.35. The molecule has 1 atom stereocenters. The topological polar surface area (TPSA) is 120 Å². The van der Waals surface area contributed by atoms with Gasteiger partial charge in [-0.25, -0.2) is 9.79 Å². The van der Waals surface area contributed by atoms with Gasteiger partial charge in [-0.15, -0.1) is 0 Å². The van der Waals surface area contributed by atoms with E-state index in [0.717, 1.165) is 0 Å². The first-order valence-corrected chi connectivity index (χ1v) is 8.39. The summed E-state index contributed by atoms with van der Waals surface area (Å²) in [4.78, 5) is 27.4. The molecule has 0 amide bonds. The number of nitro groups is 1. The zero-order chi connectivity index (χ0) is 17.9. The van der Waals surface area contributed by atoms with E-state index in [9.17, 15) is 14.9 Å². The van der Waals surface area contributed by atoms with Crippen LogP contribution in [0.3, 0.4) is 0 Å². The third-order valence-electron chi connectivity index (χ3n) is 3.20. The Labute approximate surface area is 143 Å². The number of benzene rings is 1. The molecule has 3 N–H and O–H groups in total. The minimum absolute atomic E-state index is 0.0814. The monoisotopic (exact) mass is 350 g/mol. The van der Waals surface area contributed by atoms with Crippen molar-refractivity contribution in [3.63, 3.8) is 0 Å². The van der Waals surface area contributed by atoms with Gasteiger partial charge in [-0.1, -0.05) is 23.9 Å². The normalized spacial score (nSPS) is 17.3. The van der Waals surface area contributed by atoms with Crippen molar-refractivity contribution in [2.45, 2.75) is 26.0 Å². The van der Waals surface area contributed by atoms with Crippen LogP contribution in [0.15, 0.2) is 40.7 Å². The van der Waals surface area contributed by atoms with Crippen molar-refractivity contribution >= 4 is 28.6 Å². The molecule has 0 spiro atoms. The number of rotatable bonds is 4. The van der Waals surface area contributed by atoms with E-state index in [4.69, 9.17) is 10.5 Å². The number of hydrogen-bond acceptors (Lipinski definition) is 8. The number of ether oxygens (including phenoxy) is 1. The molecule has 128 valence electrons. The number of carbonyl (C=O) groups excluding carboxylic acids is 1. The van der Waals surface area contributed by atoms with Crippen LogP contribution in [0.25, 0.3) is 0 Å². The van der Waals surface area contributed by atoms with E-state index in [2.05, 4.69) is 10.3 Å². The molecule has 0 aliphatic carbocycles. The minimum Gasteiger partial charge on any atom is -0.459 e. The number of nitro benzene ring substituents is 1. The second kappa shape index (κ2) is 7.35. The highest BCUT2D eigenvalue weighted by molar-refractivity contribution is 8.13. The lowest BCUT2D eigenvalue weighted by atomic mass is 9.97. The molecule has 1 aliphatic heterocycles. The third-order valence-corrected chi connectivity index (χ3v) is 3.80. The fourth-order valence-corrected chi connectivity index (χ4v) is 2.62. The summed E-state index contributed by atoms with van der Waals surface area (Å²) >= 11 is 1.32. The Morgan fingerprint density at radius 2 is 2.21 bits per heavy atom. The predicted octanol–water partition coefficient (Wildman–Crippen LogP) is 2.08. The van der Waals surface area contributed by atoms with Gasteiger partial charge in [0, 0.05) is 12.1 Å². The molecule has 0 aromatic heterocycles. The molecular formula is C15H18N4O4S. The summed E-state index contributed by atoms with van der Waals surface area (Å²) in [5.74, 6) is -0.466. The molecule has 0 saturated carbocycles. The first-order valence-electron chi connectivity index (χ1n) is 7.17. The van der Waals surface area contributed by atoms with Crippen LogP contribution in [-0.2, 0) is 9.53 Å². The van der Waals surface area contributed by atoms with Crippen LogP contribution in [0.4, 0.5) is 5.69 Å². The number of aliphatic imine (C=N–C) groups is 1. The van der Waals surface area contributed by atoms with Gasteiger partial charge in [0.2, 0.25) is 0 Å². The van der Waals surface area contributed by atoms with E-state index < -0.39 is 16.9 Å². The number of nitrogens with zero attached hydrogens (tertiary/aromatic N) is 2. The predicted molar refractivity (Wildman–Crippen MR) is 92.4 cm³/mol. The van der Waals surface area contributed by atoms with Crippen LogP contribution in [0.1, 0.15) is 25.5 Å². The zero-order valence-corrected chi connectivity index (χ0v) is 14.3. The molecule has 0 radical (unpaired) electrons. The van der Waals surface area contributed by atoms with Crippen LogP contribution in [0.5, 0.6) is 0 Å². The van der Waals surface area contributed by atoms with Crippen molar-refractivity contribution in [3.8, 4) is 0 Å². The number of non-ortho nitro benzene ring substituents is 1. The van der Waals surface area contributed by atoms with Gasteiger partial charge < -0.3 is 15.8 Å². The summed E-state index contributed by atoms with van der Waals surface area (Å²) < 4.78 is 5.23. The Morgan fingerprint density at radius 1 is 1.50 bits per heavy atom. The molecule has 8 nitrogen and oxygen atoms in total. The minimum atomic E-state index is -0.764. The quantitative estimate of drug-likeness (QED) is 0.484. The van der Waals surface area contributed by atoms with Crippen molar-refractivity contribution in [3.05, 3.63) is 51.3 Å². The van der Waals surface area contributed by atoms with Gasteiger partial charge >= 0.3 is 5.97 Å². The molecular weight excluding hydrogens is 332 g/mol. The maximum atomic E-state index is 12.4. The molecule has 0 bridgehead atoms. The fraction of sp³-hybridized carbons (Fsp3) is 0.333. The standard InChI is InChI=1S/C15H18N4O4S/c1-8(2)23-14(20)11-12(17-15(24-3)18-13(11)16)9-5-4-6-10(7-9)19(21)22/h4-8,12H,16H2,1-3H3,(H,17,18). The van der Waals surface area contributed by atoms with Crippen LogP contribution in [-0.4, -0.2) is 28.4 Å². The van der Waals surface area contributed by atoms with Gasteiger partial charge in [0.05, 0.1) is 11.0 Å². The van der Waals surface area contributed by atoms with E-state index in [1.165, 1.54) is 23.9 Å². The number of amidine groups is 1. The highest BCUT2D eigenvalue weighted by Gasteiger charge is 2.32. The lowest BCUT2D eigenvalue weighted by molar-refractivity contribution is -0.384. The smallest absolute Gasteiger partial charge is 0.340 e. The van der Waals surface area contributed by atoms with Gasteiger partial charge in [-0.05, 0) is 25.7 Å². The zero-order valence-electron chi connectivity index (χ0n) is 13.5. The maximum absolute atomic E-state index is 12.4. The van der Waals surface area contributed by atoms with Crippen molar-refractivity contribution in [2.24, 2.45) is 10.7 Å². The average Bonchev–Trinajstić information content (AvgIpc) is 2.53. The Hall–Kier alpha value is -2.55. The molecule has 24 heavy (non-hydrogen) atoms. The number of carbonyl (C=O) groups is 1. The molecule has 1 aromatic rings. The number of esters is 1. The number of nitrogens with two attached hydrogens (primary N) is 1. The van der Waals surface area contributed by atoms with Crippen molar-refractivity contribution in [2.75, 3.05) is 6.26 Å². The molecule has 1 aromatic carbocycles. The summed E-state index contributed by atoms with van der Waals surface area (Å²) in [7, 11) is 0. The molecule has 0 fully saturated rings. The van der Waals surface area contributed by atoms with Crippen LogP contribution >= 0.6 is 11.8 Å². The Kier molecular flexibility index (Phi) is 5.45.